The van der Waals surface area contributed by atoms with Gasteiger partial charge in [0.05, 0.1) is 41.9 Å². The van der Waals surface area contributed by atoms with Gasteiger partial charge in [-0.3, -0.25) is 9.59 Å². The summed E-state index contributed by atoms with van der Waals surface area (Å²) in [4.78, 5) is 41.3. The number of rotatable bonds is 7. The van der Waals surface area contributed by atoms with E-state index in [1.165, 1.54) is 18.4 Å². The van der Waals surface area contributed by atoms with E-state index in [4.69, 9.17) is 9.15 Å². The lowest BCUT2D eigenvalue weighted by molar-refractivity contribution is 0.0524. The zero-order valence-corrected chi connectivity index (χ0v) is 16.6. The van der Waals surface area contributed by atoms with Gasteiger partial charge in [0.25, 0.3) is 11.8 Å². The molecule has 2 amide bonds. The van der Waals surface area contributed by atoms with E-state index in [2.05, 4.69) is 15.6 Å². The van der Waals surface area contributed by atoms with Crippen LogP contribution in [0.1, 0.15) is 49.6 Å². The summed E-state index contributed by atoms with van der Waals surface area (Å²) < 4.78 is 10.2. The summed E-state index contributed by atoms with van der Waals surface area (Å²) in [5.74, 6) is -0.733. The van der Waals surface area contributed by atoms with Gasteiger partial charge in [-0.1, -0.05) is 12.1 Å². The largest absolute Gasteiger partial charge is 0.467 e. The number of amides is 2. The van der Waals surface area contributed by atoms with E-state index in [9.17, 15) is 14.4 Å². The number of furan rings is 1. The molecule has 2 heterocycles. The van der Waals surface area contributed by atoms with Crippen molar-refractivity contribution in [3.05, 3.63) is 83.1 Å². The number of hydrogen-bond donors (Lipinski definition) is 2. The molecular formula is C22H21N3O5. The summed E-state index contributed by atoms with van der Waals surface area (Å²) in [6.07, 6.45) is 1.53. The first kappa shape index (κ1) is 20.8. The fourth-order valence-electron chi connectivity index (χ4n) is 2.76. The number of carbonyl (C=O) groups excluding carboxylic acids is 3. The summed E-state index contributed by atoms with van der Waals surface area (Å²) >= 11 is 0. The van der Waals surface area contributed by atoms with Crippen molar-refractivity contribution >= 4 is 23.5 Å². The SMILES string of the molecule is CCOC(=O)c1ccc(C(=O)Nc2ccccc2C(=O)NCc2ccco2)nc1C. The molecule has 0 bridgehead atoms. The summed E-state index contributed by atoms with van der Waals surface area (Å²) in [6.45, 7) is 3.81. The maximum absolute atomic E-state index is 12.7. The van der Waals surface area contributed by atoms with Crippen LogP contribution in [0.15, 0.2) is 59.2 Å². The number of aromatic nitrogens is 1. The van der Waals surface area contributed by atoms with Gasteiger partial charge in [0.15, 0.2) is 0 Å². The van der Waals surface area contributed by atoms with Gasteiger partial charge in [0.2, 0.25) is 0 Å². The Hall–Kier alpha value is -3.94. The Morgan fingerprint density at radius 3 is 2.50 bits per heavy atom. The summed E-state index contributed by atoms with van der Waals surface area (Å²) in [5.41, 5.74) is 1.44. The van der Waals surface area contributed by atoms with E-state index < -0.39 is 11.9 Å². The minimum absolute atomic E-state index is 0.117. The zero-order chi connectivity index (χ0) is 21.5. The number of benzene rings is 1. The predicted molar refractivity (Wildman–Crippen MR) is 109 cm³/mol. The van der Waals surface area contributed by atoms with Crippen molar-refractivity contribution in [3.63, 3.8) is 0 Å². The van der Waals surface area contributed by atoms with E-state index in [1.807, 2.05) is 0 Å². The first-order chi connectivity index (χ1) is 14.5. The third kappa shape index (κ3) is 4.91. The lowest BCUT2D eigenvalue weighted by Gasteiger charge is -2.12. The smallest absolute Gasteiger partial charge is 0.339 e. The van der Waals surface area contributed by atoms with Crippen molar-refractivity contribution < 1.29 is 23.5 Å². The van der Waals surface area contributed by atoms with Gasteiger partial charge in [-0.05, 0) is 50.2 Å². The third-order valence-electron chi connectivity index (χ3n) is 4.24. The molecule has 3 aromatic rings. The number of esters is 1. The first-order valence-electron chi connectivity index (χ1n) is 9.35. The Labute approximate surface area is 173 Å². The Morgan fingerprint density at radius 1 is 1.00 bits per heavy atom. The molecule has 2 N–H and O–H groups in total. The van der Waals surface area contributed by atoms with Crippen LogP contribution in [0.3, 0.4) is 0 Å². The topological polar surface area (TPSA) is 111 Å². The van der Waals surface area contributed by atoms with Crippen molar-refractivity contribution in [2.75, 3.05) is 11.9 Å². The van der Waals surface area contributed by atoms with Crippen molar-refractivity contribution in [3.8, 4) is 0 Å². The van der Waals surface area contributed by atoms with Gasteiger partial charge in [-0.25, -0.2) is 9.78 Å². The van der Waals surface area contributed by atoms with Crippen LogP contribution >= 0.6 is 0 Å². The van der Waals surface area contributed by atoms with Crippen molar-refractivity contribution in [1.29, 1.82) is 0 Å². The summed E-state index contributed by atoms with van der Waals surface area (Å²) in [7, 11) is 0. The number of hydrogen-bond acceptors (Lipinski definition) is 6. The highest BCUT2D eigenvalue weighted by molar-refractivity contribution is 6.08. The van der Waals surface area contributed by atoms with E-state index in [0.29, 0.717) is 28.3 Å². The number of ether oxygens (including phenoxy) is 1. The van der Waals surface area contributed by atoms with Crippen LogP contribution in [-0.2, 0) is 11.3 Å². The lowest BCUT2D eigenvalue weighted by Crippen LogP contribution is -2.25. The highest BCUT2D eigenvalue weighted by Crippen LogP contribution is 2.17. The number of pyridine rings is 1. The van der Waals surface area contributed by atoms with Crippen LogP contribution in [0.25, 0.3) is 0 Å². The molecule has 8 nitrogen and oxygen atoms in total. The predicted octanol–water partition coefficient (Wildman–Crippen LogP) is 3.34. The van der Waals surface area contributed by atoms with E-state index >= 15 is 0 Å². The third-order valence-corrected chi connectivity index (χ3v) is 4.24. The van der Waals surface area contributed by atoms with Crippen molar-refractivity contribution in [1.82, 2.24) is 10.3 Å². The monoisotopic (exact) mass is 407 g/mol. The molecule has 0 aliphatic carbocycles. The van der Waals surface area contributed by atoms with Gasteiger partial charge in [0, 0.05) is 0 Å². The molecule has 0 fully saturated rings. The fraction of sp³-hybridized carbons (Fsp3) is 0.182. The molecule has 0 aliphatic rings. The summed E-state index contributed by atoms with van der Waals surface area (Å²) in [6, 6.07) is 13.1. The number of carbonyl (C=O) groups is 3. The van der Waals surface area contributed by atoms with Crippen LogP contribution in [0.2, 0.25) is 0 Å². The standard InChI is InChI=1S/C22H21N3O5/c1-3-29-22(28)16-10-11-19(24-14(16)2)21(27)25-18-9-5-4-8-17(18)20(26)23-13-15-7-6-12-30-15/h4-12H,3,13H2,1-2H3,(H,23,26)(H,25,27). The fourth-order valence-corrected chi connectivity index (χ4v) is 2.76. The molecule has 3 rings (SSSR count). The van der Waals surface area contributed by atoms with Crippen LogP contribution in [0.5, 0.6) is 0 Å². The Balaban J connectivity index is 1.73. The van der Waals surface area contributed by atoms with E-state index in [0.717, 1.165) is 0 Å². The molecule has 0 spiro atoms. The number of anilines is 1. The van der Waals surface area contributed by atoms with Gasteiger partial charge >= 0.3 is 5.97 Å². The van der Waals surface area contributed by atoms with E-state index in [-0.39, 0.29) is 24.8 Å². The van der Waals surface area contributed by atoms with Crippen LogP contribution in [0, 0.1) is 6.92 Å². The Bertz CT molecular complexity index is 1060. The molecular weight excluding hydrogens is 386 g/mol. The van der Waals surface area contributed by atoms with Crippen molar-refractivity contribution in [2.24, 2.45) is 0 Å². The number of para-hydroxylation sites is 1. The second-order valence-electron chi connectivity index (χ2n) is 6.31. The van der Waals surface area contributed by atoms with Gasteiger partial charge in [0.1, 0.15) is 11.5 Å². The molecule has 0 aliphatic heterocycles. The molecule has 1 aromatic carbocycles. The highest BCUT2D eigenvalue weighted by atomic mass is 16.5. The molecule has 0 unspecified atom stereocenters. The van der Waals surface area contributed by atoms with Gasteiger partial charge in [-0.15, -0.1) is 0 Å². The molecule has 8 heteroatoms. The van der Waals surface area contributed by atoms with Crippen LogP contribution < -0.4 is 10.6 Å². The average Bonchev–Trinajstić information content (AvgIpc) is 3.26. The maximum atomic E-state index is 12.7. The van der Waals surface area contributed by atoms with Crippen LogP contribution in [0.4, 0.5) is 5.69 Å². The molecule has 0 saturated carbocycles. The van der Waals surface area contributed by atoms with Gasteiger partial charge < -0.3 is 19.8 Å². The second-order valence-corrected chi connectivity index (χ2v) is 6.31. The Morgan fingerprint density at radius 2 is 1.80 bits per heavy atom. The normalized spacial score (nSPS) is 10.3. The van der Waals surface area contributed by atoms with Crippen molar-refractivity contribution in [2.45, 2.75) is 20.4 Å². The number of aryl methyl sites for hydroxylation is 1. The molecule has 154 valence electrons. The van der Waals surface area contributed by atoms with Crippen LogP contribution in [-0.4, -0.2) is 29.4 Å². The summed E-state index contributed by atoms with van der Waals surface area (Å²) in [5, 5.41) is 5.44. The Kier molecular flexibility index (Phi) is 6.59. The second kappa shape index (κ2) is 9.51. The molecule has 0 atom stereocenters. The lowest BCUT2D eigenvalue weighted by atomic mass is 10.1. The number of nitrogens with zero attached hydrogens (tertiary/aromatic N) is 1. The maximum Gasteiger partial charge on any atom is 0.339 e. The number of nitrogens with one attached hydrogen (secondary N) is 2. The quantitative estimate of drug-likeness (QED) is 0.581. The molecule has 0 radical (unpaired) electrons. The highest BCUT2D eigenvalue weighted by Gasteiger charge is 2.17. The van der Waals surface area contributed by atoms with Gasteiger partial charge in [-0.2, -0.15) is 0 Å². The van der Waals surface area contributed by atoms with E-state index in [1.54, 1.807) is 50.2 Å². The average molecular weight is 407 g/mol. The minimum Gasteiger partial charge on any atom is -0.467 e. The molecule has 0 saturated heterocycles. The molecule has 2 aromatic heterocycles. The first-order valence-corrected chi connectivity index (χ1v) is 9.35. The molecule has 30 heavy (non-hydrogen) atoms. The zero-order valence-electron chi connectivity index (χ0n) is 16.6. The minimum atomic E-state index is -0.500.